The Kier molecular flexibility index (Phi) is 2.00. The third-order valence-electron chi connectivity index (χ3n) is 1.13. The first-order valence-electron chi connectivity index (χ1n) is 2.83. The van der Waals surface area contributed by atoms with E-state index in [0.717, 1.165) is 6.07 Å². The molecule has 0 radical (unpaired) electrons. The Hall–Kier alpha value is -1.65. The number of halogens is 1. The van der Waals surface area contributed by atoms with E-state index in [2.05, 4.69) is 10.1 Å². The van der Waals surface area contributed by atoms with E-state index in [0.29, 0.717) is 5.56 Å². The quantitative estimate of drug-likeness (QED) is 0.201. The van der Waals surface area contributed by atoms with Crippen LogP contribution in [-0.2, 0) is 0 Å². The molecule has 0 aliphatic heterocycles. The molecule has 3 N–H and O–H groups in total. The molecule has 4 nitrogen and oxygen atoms in total. The second-order valence-electron chi connectivity index (χ2n) is 1.85. The van der Waals surface area contributed by atoms with Gasteiger partial charge in [0.2, 0.25) is 5.95 Å². The number of hydrogen-bond acceptors (Lipinski definition) is 3. The summed E-state index contributed by atoms with van der Waals surface area (Å²) in [6.45, 7) is 0. The van der Waals surface area contributed by atoms with Crippen LogP contribution in [0.25, 0.3) is 0 Å². The number of oxime groups is 1. The highest BCUT2D eigenvalue weighted by Gasteiger charge is 1.99. The summed E-state index contributed by atoms with van der Waals surface area (Å²) in [7, 11) is 0. The van der Waals surface area contributed by atoms with E-state index >= 15 is 0 Å². The first kappa shape index (κ1) is 7.46. The zero-order valence-corrected chi connectivity index (χ0v) is 5.53. The molecule has 58 valence electrons. The first-order chi connectivity index (χ1) is 5.24. The van der Waals surface area contributed by atoms with Crippen LogP contribution in [0.3, 0.4) is 0 Å². The lowest BCUT2D eigenvalue weighted by Crippen LogP contribution is -2.13. The van der Waals surface area contributed by atoms with E-state index in [4.69, 9.17) is 10.9 Å². The lowest BCUT2D eigenvalue weighted by molar-refractivity contribution is 0.318. The van der Waals surface area contributed by atoms with Crippen LogP contribution in [0.1, 0.15) is 5.56 Å². The number of nitrogens with two attached hydrogens (primary N) is 1. The van der Waals surface area contributed by atoms with E-state index in [1.54, 1.807) is 0 Å². The van der Waals surface area contributed by atoms with Crippen molar-refractivity contribution in [2.45, 2.75) is 0 Å². The summed E-state index contributed by atoms with van der Waals surface area (Å²) in [5.74, 6) is -0.791. The smallest absolute Gasteiger partial charge is 0.213 e. The second-order valence-corrected chi connectivity index (χ2v) is 1.85. The Morgan fingerprint density at radius 3 is 3.00 bits per heavy atom. The lowest BCUT2D eigenvalue weighted by Gasteiger charge is -1.95. The predicted octanol–water partition coefficient (Wildman–Crippen LogP) is 0.315. The van der Waals surface area contributed by atoms with Crippen LogP contribution in [0, 0.1) is 5.95 Å². The zero-order valence-electron chi connectivity index (χ0n) is 5.53. The standard InChI is InChI=1S/C6H6FN3O/c7-5-3-4(1-2-9-5)6(8)10-11/h1-3,11H,(H2,8,10). The number of aromatic nitrogens is 1. The molecule has 0 spiro atoms. The van der Waals surface area contributed by atoms with Crippen LogP contribution in [0.5, 0.6) is 0 Å². The number of nitrogens with zero attached hydrogens (tertiary/aromatic N) is 2. The van der Waals surface area contributed by atoms with Crippen LogP contribution < -0.4 is 5.73 Å². The summed E-state index contributed by atoms with van der Waals surface area (Å²) < 4.78 is 12.4. The van der Waals surface area contributed by atoms with Gasteiger partial charge in [0.1, 0.15) is 0 Å². The molecule has 1 rings (SSSR count). The largest absolute Gasteiger partial charge is 0.409 e. The normalized spacial score (nSPS) is 11.5. The summed E-state index contributed by atoms with van der Waals surface area (Å²) in [4.78, 5) is 3.30. The van der Waals surface area contributed by atoms with Gasteiger partial charge >= 0.3 is 0 Å². The van der Waals surface area contributed by atoms with Gasteiger partial charge in [-0.1, -0.05) is 5.16 Å². The Labute approximate surface area is 62.2 Å². The van der Waals surface area contributed by atoms with Gasteiger partial charge in [0.15, 0.2) is 5.84 Å². The summed E-state index contributed by atoms with van der Waals surface area (Å²) >= 11 is 0. The Morgan fingerprint density at radius 2 is 2.45 bits per heavy atom. The predicted molar refractivity (Wildman–Crippen MR) is 36.7 cm³/mol. The fourth-order valence-corrected chi connectivity index (χ4v) is 0.620. The third kappa shape index (κ3) is 1.64. The van der Waals surface area contributed by atoms with Crippen LogP contribution in [-0.4, -0.2) is 16.0 Å². The van der Waals surface area contributed by atoms with Gasteiger partial charge in [-0.05, 0) is 6.07 Å². The summed E-state index contributed by atoms with van der Waals surface area (Å²) in [6.07, 6.45) is 1.24. The van der Waals surface area contributed by atoms with Gasteiger partial charge in [-0.25, -0.2) is 4.98 Å². The van der Waals surface area contributed by atoms with Crippen molar-refractivity contribution in [3.05, 3.63) is 29.8 Å². The minimum absolute atomic E-state index is 0.133. The Balaban J connectivity index is 3.06. The molecular weight excluding hydrogens is 149 g/mol. The van der Waals surface area contributed by atoms with Crippen molar-refractivity contribution in [3.63, 3.8) is 0 Å². The molecule has 0 aromatic carbocycles. The summed E-state index contributed by atoms with van der Waals surface area (Å²) in [5.41, 5.74) is 5.47. The molecular formula is C6H6FN3O. The maximum atomic E-state index is 12.4. The van der Waals surface area contributed by atoms with Gasteiger partial charge in [-0.2, -0.15) is 4.39 Å². The molecule has 1 aromatic heterocycles. The van der Waals surface area contributed by atoms with Crippen molar-refractivity contribution in [1.29, 1.82) is 0 Å². The molecule has 0 bridgehead atoms. The topological polar surface area (TPSA) is 71.5 Å². The maximum absolute atomic E-state index is 12.4. The third-order valence-corrected chi connectivity index (χ3v) is 1.13. The van der Waals surface area contributed by atoms with Gasteiger partial charge in [-0.3, -0.25) is 0 Å². The van der Waals surface area contributed by atoms with Crippen LogP contribution in [0.2, 0.25) is 0 Å². The monoisotopic (exact) mass is 155 g/mol. The minimum Gasteiger partial charge on any atom is -0.409 e. The molecule has 0 saturated carbocycles. The fraction of sp³-hybridized carbons (Fsp3) is 0. The van der Waals surface area contributed by atoms with Crippen LogP contribution in [0.4, 0.5) is 4.39 Å². The molecule has 0 atom stereocenters. The molecule has 11 heavy (non-hydrogen) atoms. The Morgan fingerprint density at radius 1 is 1.73 bits per heavy atom. The van der Waals surface area contributed by atoms with Gasteiger partial charge in [0.25, 0.3) is 0 Å². The molecule has 0 aliphatic rings. The molecule has 0 saturated heterocycles. The lowest BCUT2D eigenvalue weighted by atomic mass is 10.2. The van der Waals surface area contributed by atoms with E-state index in [-0.39, 0.29) is 5.84 Å². The molecule has 5 heteroatoms. The van der Waals surface area contributed by atoms with Gasteiger partial charge in [0, 0.05) is 17.8 Å². The van der Waals surface area contributed by atoms with Crippen molar-refractivity contribution in [2.75, 3.05) is 0 Å². The zero-order chi connectivity index (χ0) is 8.27. The molecule has 1 heterocycles. The minimum atomic E-state index is -0.658. The molecule has 0 amide bonds. The molecule has 0 unspecified atom stereocenters. The summed E-state index contributed by atoms with van der Waals surface area (Å²) in [5, 5.41) is 10.9. The molecule has 0 aliphatic carbocycles. The van der Waals surface area contributed by atoms with Gasteiger partial charge in [-0.15, -0.1) is 0 Å². The van der Waals surface area contributed by atoms with Crippen molar-refractivity contribution < 1.29 is 9.60 Å². The number of rotatable bonds is 1. The number of pyridine rings is 1. The van der Waals surface area contributed by atoms with Crippen LogP contribution >= 0.6 is 0 Å². The van der Waals surface area contributed by atoms with Crippen molar-refractivity contribution in [3.8, 4) is 0 Å². The van der Waals surface area contributed by atoms with Crippen molar-refractivity contribution >= 4 is 5.84 Å². The van der Waals surface area contributed by atoms with Gasteiger partial charge in [0.05, 0.1) is 0 Å². The number of amidine groups is 1. The second kappa shape index (κ2) is 2.96. The van der Waals surface area contributed by atoms with Crippen molar-refractivity contribution in [1.82, 2.24) is 4.98 Å². The average Bonchev–Trinajstić information content (AvgIpc) is 2.03. The highest BCUT2D eigenvalue weighted by Crippen LogP contribution is 1.98. The maximum Gasteiger partial charge on any atom is 0.213 e. The van der Waals surface area contributed by atoms with Gasteiger partial charge < -0.3 is 10.9 Å². The highest BCUT2D eigenvalue weighted by molar-refractivity contribution is 5.96. The van der Waals surface area contributed by atoms with E-state index in [9.17, 15) is 4.39 Å². The Bertz CT molecular complexity index is 287. The SMILES string of the molecule is N/C(=N/O)c1ccnc(F)c1. The van der Waals surface area contributed by atoms with E-state index in [1.165, 1.54) is 12.3 Å². The van der Waals surface area contributed by atoms with Crippen LogP contribution in [0.15, 0.2) is 23.5 Å². The average molecular weight is 155 g/mol. The van der Waals surface area contributed by atoms with Crippen molar-refractivity contribution in [2.24, 2.45) is 10.9 Å². The number of hydrogen-bond donors (Lipinski definition) is 2. The summed E-state index contributed by atoms with van der Waals surface area (Å²) in [6, 6.07) is 2.52. The van der Waals surface area contributed by atoms with E-state index in [1.807, 2.05) is 0 Å². The molecule has 0 fully saturated rings. The molecule has 1 aromatic rings. The van der Waals surface area contributed by atoms with E-state index < -0.39 is 5.95 Å². The highest BCUT2D eigenvalue weighted by atomic mass is 19.1. The fourth-order valence-electron chi connectivity index (χ4n) is 0.620. The first-order valence-corrected chi connectivity index (χ1v) is 2.83.